The van der Waals surface area contributed by atoms with E-state index >= 15 is 0 Å². The molecule has 0 unspecified atom stereocenters. The number of rotatable bonds is 6. The van der Waals surface area contributed by atoms with E-state index in [1.807, 2.05) is 23.1 Å². The molecule has 5 aromatic rings. The molecular formula is C31H28N4O2S2. The first-order valence-corrected chi connectivity index (χ1v) is 14.7. The van der Waals surface area contributed by atoms with Gasteiger partial charge in [0, 0.05) is 37.6 Å². The minimum atomic E-state index is -0.289. The Morgan fingerprint density at radius 3 is 2.49 bits per heavy atom. The fourth-order valence-corrected chi connectivity index (χ4v) is 6.96. The molecular weight excluding hydrogens is 525 g/mol. The van der Waals surface area contributed by atoms with Gasteiger partial charge >= 0.3 is 0 Å². The third-order valence-electron chi connectivity index (χ3n) is 7.05. The Hall–Kier alpha value is -3.72. The summed E-state index contributed by atoms with van der Waals surface area (Å²) < 4.78 is 2.00. The summed E-state index contributed by atoms with van der Waals surface area (Å²) >= 11 is 3.35. The fraction of sp³-hybridized carbons (Fsp3) is 0.194. The van der Waals surface area contributed by atoms with Crippen molar-refractivity contribution >= 4 is 61.6 Å². The molecule has 0 aliphatic carbocycles. The number of thioether (sulfide) groups is 1. The van der Waals surface area contributed by atoms with Crippen LogP contribution in [0, 0.1) is 0 Å². The Morgan fingerprint density at radius 2 is 1.64 bits per heavy atom. The number of hydrogen-bond donors (Lipinski definition) is 1. The van der Waals surface area contributed by atoms with Gasteiger partial charge in [-0.15, -0.1) is 11.3 Å². The van der Waals surface area contributed by atoms with Gasteiger partial charge in [0.2, 0.25) is 0 Å². The largest absolute Gasteiger partial charge is 0.336 e. The molecule has 0 radical (unpaired) electrons. The van der Waals surface area contributed by atoms with Crippen LogP contribution in [0.2, 0.25) is 0 Å². The lowest BCUT2D eigenvalue weighted by Gasteiger charge is -2.32. The Morgan fingerprint density at radius 1 is 0.897 bits per heavy atom. The molecule has 1 aliphatic heterocycles. The number of aromatic nitrogens is 1. The third kappa shape index (κ3) is 5.54. The molecule has 2 amide bonds. The van der Waals surface area contributed by atoms with E-state index < -0.39 is 0 Å². The Balaban J connectivity index is 1.16. The van der Waals surface area contributed by atoms with Gasteiger partial charge in [0.15, 0.2) is 4.34 Å². The number of carbonyl (C=O) groups excluding carboxylic acids is 2. The molecule has 1 aliphatic rings. The molecule has 39 heavy (non-hydrogen) atoms. The van der Waals surface area contributed by atoms with E-state index in [4.69, 9.17) is 4.98 Å². The van der Waals surface area contributed by atoms with E-state index in [9.17, 15) is 9.59 Å². The van der Waals surface area contributed by atoms with Gasteiger partial charge < -0.3 is 15.1 Å². The van der Waals surface area contributed by atoms with Crippen LogP contribution in [0.1, 0.15) is 26.3 Å². The highest BCUT2D eigenvalue weighted by atomic mass is 32.2. The van der Waals surface area contributed by atoms with Crippen LogP contribution in [0.4, 0.5) is 5.69 Å². The van der Waals surface area contributed by atoms with Gasteiger partial charge in [-0.2, -0.15) is 0 Å². The van der Waals surface area contributed by atoms with E-state index in [0.29, 0.717) is 29.9 Å². The lowest BCUT2D eigenvalue weighted by atomic mass is 10.0. The molecule has 4 aromatic carbocycles. The first kappa shape index (κ1) is 25.6. The van der Waals surface area contributed by atoms with E-state index in [1.54, 1.807) is 47.4 Å². The first-order valence-electron chi connectivity index (χ1n) is 12.9. The first-order chi connectivity index (χ1) is 19.0. The van der Waals surface area contributed by atoms with Gasteiger partial charge in [-0.3, -0.25) is 9.59 Å². The molecule has 196 valence electrons. The zero-order valence-electron chi connectivity index (χ0n) is 21.6. The highest BCUT2D eigenvalue weighted by molar-refractivity contribution is 8.00. The Bertz CT molecular complexity index is 1670. The van der Waals surface area contributed by atoms with Crippen molar-refractivity contribution in [2.75, 3.05) is 38.5 Å². The quantitative estimate of drug-likeness (QED) is 0.248. The smallest absolute Gasteiger partial charge is 0.256 e. The maximum absolute atomic E-state index is 13.3. The van der Waals surface area contributed by atoms with Gasteiger partial charge in [-0.1, -0.05) is 66.4 Å². The van der Waals surface area contributed by atoms with Crippen LogP contribution in [0.5, 0.6) is 0 Å². The highest BCUT2D eigenvalue weighted by Gasteiger charge is 2.24. The third-order valence-corrected chi connectivity index (χ3v) is 9.26. The molecule has 1 aromatic heterocycles. The molecule has 8 heteroatoms. The number of carbonyl (C=O) groups is 2. The maximum atomic E-state index is 13.3. The van der Waals surface area contributed by atoms with Crippen LogP contribution >= 0.6 is 23.1 Å². The van der Waals surface area contributed by atoms with Crippen molar-refractivity contribution in [1.82, 2.24) is 14.8 Å². The minimum Gasteiger partial charge on any atom is -0.336 e. The predicted octanol–water partition coefficient (Wildman–Crippen LogP) is 6.38. The molecule has 0 atom stereocenters. The van der Waals surface area contributed by atoms with Crippen LogP contribution in [0.3, 0.4) is 0 Å². The van der Waals surface area contributed by atoms with Crippen molar-refractivity contribution in [3.8, 4) is 0 Å². The number of nitrogens with one attached hydrogen (secondary N) is 1. The minimum absolute atomic E-state index is 0.0976. The van der Waals surface area contributed by atoms with Gasteiger partial charge in [-0.05, 0) is 53.7 Å². The molecule has 0 spiro atoms. The van der Waals surface area contributed by atoms with Crippen LogP contribution in [0.15, 0.2) is 89.3 Å². The van der Waals surface area contributed by atoms with Crippen LogP contribution in [-0.4, -0.2) is 59.8 Å². The number of thiazole rings is 1. The average molecular weight is 553 g/mol. The second kappa shape index (κ2) is 11.2. The number of amides is 2. The molecule has 2 heterocycles. The van der Waals surface area contributed by atoms with Gasteiger partial charge in [0.25, 0.3) is 11.8 Å². The van der Waals surface area contributed by atoms with Crippen LogP contribution in [-0.2, 0) is 5.75 Å². The molecule has 6 rings (SSSR count). The maximum Gasteiger partial charge on any atom is 0.256 e. The van der Waals surface area contributed by atoms with E-state index in [0.717, 1.165) is 33.4 Å². The van der Waals surface area contributed by atoms with Gasteiger partial charge in [0.1, 0.15) is 0 Å². The number of fused-ring (bicyclic) bond motifs is 2. The van der Waals surface area contributed by atoms with Gasteiger partial charge in [-0.25, -0.2) is 4.98 Å². The summed E-state index contributed by atoms with van der Waals surface area (Å²) in [4.78, 5) is 35.3. The summed E-state index contributed by atoms with van der Waals surface area (Å²) in [6.45, 7) is 2.98. The molecule has 1 fully saturated rings. The van der Waals surface area contributed by atoms with E-state index in [1.165, 1.54) is 16.3 Å². The Labute approximate surface area is 235 Å². The van der Waals surface area contributed by atoms with Gasteiger partial charge in [0.05, 0.1) is 21.3 Å². The average Bonchev–Trinajstić information content (AvgIpc) is 3.38. The molecule has 1 saturated heterocycles. The summed E-state index contributed by atoms with van der Waals surface area (Å²) in [5.41, 5.74) is 3.70. The van der Waals surface area contributed by atoms with Crippen molar-refractivity contribution < 1.29 is 9.59 Å². The number of piperazine rings is 1. The summed E-state index contributed by atoms with van der Waals surface area (Å²) in [5.74, 6) is 0.449. The van der Waals surface area contributed by atoms with Crippen LogP contribution in [0.25, 0.3) is 21.0 Å². The lowest BCUT2D eigenvalue weighted by molar-refractivity contribution is 0.0660. The van der Waals surface area contributed by atoms with Crippen molar-refractivity contribution in [2.24, 2.45) is 0 Å². The van der Waals surface area contributed by atoms with Crippen molar-refractivity contribution in [2.45, 2.75) is 10.1 Å². The van der Waals surface area contributed by atoms with E-state index in [-0.39, 0.29) is 11.8 Å². The lowest BCUT2D eigenvalue weighted by Crippen LogP contribution is -2.47. The highest BCUT2D eigenvalue weighted by Crippen LogP contribution is 2.34. The SMILES string of the molecule is CN1CCN(C(=O)c2ccccc2C(=O)Nc2ccc3nc(SCc4cccc5ccccc45)sc3c2)CC1. The van der Waals surface area contributed by atoms with Crippen molar-refractivity contribution in [1.29, 1.82) is 0 Å². The Kier molecular flexibility index (Phi) is 7.32. The van der Waals surface area contributed by atoms with E-state index in [2.05, 4.69) is 59.7 Å². The normalized spacial score (nSPS) is 14.1. The van der Waals surface area contributed by atoms with Crippen LogP contribution < -0.4 is 5.32 Å². The number of benzene rings is 4. The monoisotopic (exact) mass is 552 g/mol. The molecule has 1 N–H and O–H groups in total. The summed E-state index contributed by atoms with van der Waals surface area (Å²) in [5, 5.41) is 5.51. The topological polar surface area (TPSA) is 65.5 Å². The van der Waals surface area contributed by atoms with Crippen molar-refractivity contribution in [3.05, 3.63) is 102 Å². The number of likely N-dealkylation sites (N-methyl/N-ethyl adjacent to an activating group) is 1. The fourth-order valence-electron chi connectivity index (χ4n) is 4.85. The zero-order chi connectivity index (χ0) is 26.8. The molecule has 0 bridgehead atoms. The van der Waals surface area contributed by atoms with Crippen molar-refractivity contribution in [3.63, 3.8) is 0 Å². The number of anilines is 1. The number of hydrogen-bond acceptors (Lipinski definition) is 6. The molecule has 0 saturated carbocycles. The molecule has 6 nitrogen and oxygen atoms in total. The second-order valence-corrected chi connectivity index (χ2v) is 11.9. The summed E-state index contributed by atoms with van der Waals surface area (Å²) in [7, 11) is 2.05. The summed E-state index contributed by atoms with van der Waals surface area (Å²) in [6, 6.07) is 27.6. The number of nitrogens with zero attached hydrogens (tertiary/aromatic N) is 3. The predicted molar refractivity (Wildman–Crippen MR) is 161 cm³/mol. The second-order valence-electron chi connectivity index (χ2n) is 9.68. The standard InChI is InChI=1S/C31H28N4O2S2/c1-34-15-17-35(18-16-34)30(37)26-12-5-4-11-25(26)29(36)32-23-13-14-27-28(19-23)39-31(33-27)38-20-22-9-6-8-21-7-2-3-10-24(21)22/h2-14,19H,15-18,20H2,1H3,(H,32,36). The summed E-state index contributed by atoms with van der Waals surface area (Å²) in [6.07, 6.45) is 0. The zero-order valence-corrected chi connectivity index (χ0v) is 23.2.